The van der Waals surface area contributed by atoms with Gasteiger partial charge in [0.25, 0.3) is 0 Å². The van der Waals surface area contributed by atoms with Crippen LogP contribution < -0.4 is 11.1 Å². The van der Waals surface area contributed by atoms with E-state index in [9.17, 15) is 9.59 Å². The van der Waals surface area contributed by atoms with Gasteiger partial charge in [-0.3, -0.25) is 4.79 Å². The lowest BCUT2D eigenvalue weighted by Crippen LogP contribution is -2.30. The molecule has 0 aliphatic heterocycles. The molecular formula is C21H24N2O4. The van der Waals surface area contributed by atoms with Crippen LogP contribution in [0.2, 0.25) is 0 Å². The molecular weight excluding hydrogens is 344 g/mol. The fourth-order valence-electron chi connectivity index (χ4n) is 3.45. The zero-order chi connectivity index (χ0) is 19.2. The van der Waals surface area contributed by atoms with Gasteiger partial charge in [0.05, 0.1) is 0 Å². The molecule has 4 N–H and O–H groups in total. The van der Waals surface area contributed by atoms with Crippen molar-refractivity contribution in [2.75, 3.05) is 13.2 Å². The van der Waals surface area contributed by atoms with Crippen LogP contribution in [0.15, 0.2) is 48.5 Å². The Labute approximate surface area is 158 Å². The van der Waals surface area contributed by atoms with Gasteiger partial charge in [-0.2, -0.15) is 0 Å². The molecule has 1 unspecified atom stereocenters. The van der Waals surface area contributed by atoms with Crippen LogP contribution in [0.4, 0.5) is 4.79 Å². The normalized spacial score (nSPS) is 13.5. The summed E-state index contributed by atoms with van der Waals surface area (Å²) in [5.41, 5.74) is 10.2. The number of nitrogens with two attached hydrogens (primary N) is 1. The molecule has 142 valence electrons. The van der Waals surface area contributed by atoms with E-state index < -0.39 is 18.1 Å². The first kappa shape index (κ1) is 18.9. The highest BCUT2D eigenvalue weighted by molar-refractivity contribution is 5.79. The van der Waals surface area contributed by atoms with Crippen LogP contribution in [-0.4, -0.2) is 36.4 Å². The summed E-state index contributed by atoms with van der Waals surface area (Å²) >= 11 is 0. The standard InChI is InChI=1S/C21H24N2O4/c22-19(20(24)25)11-5-6-12-23-21(26)27-13-18-16-9-3-1-7-14(16)15-8-2-4-10-17(15)18/h1-4,7-10,18-19H,5-6,11-13,22H2,(H,23,26)(H,24,25). The number of ether oxygens (including phenoxy) is 1. The van der Waals surface area contributed by atoms with Crippen molar-refractivity contribution in [1.82, 2.24) is 5.32 Å². The molecule has 3 rings (SSSR count). The summed E-state index contributed by atoms with van der Waals surface area (Å²) in [6.45, 7) is 0.715. The molecule has 1 aliphatic rings. The number of amides is 1. The SMILES string of the molecule is NC(CCCCNC(=O)OCC1c2ccccc2-c2ccccc21)C(=O)O. The fraction of sp³-hybridized carbons (Fsp3) is 0.333. The predicted octanol–water partition coefficient (Wildman–Crippen LogP) is 3.11. The van der Waals surface area contributed by atoms with E-state index >= 15 is 0 Å². The number of fused-ring (bicyclic) bond motifs is 3. The van der Waals surface area contributed by atoms with Crippen molar-refractivity contribution in [3.05, 3.63) is 59.7 Å². The number of rotatable bonds is 8. The van der Waals surface area contributed by atoms with Crippen molar-refractivity contribution in [2.24, 2.45) is 5.73 Å². The topological polar surface area (TPSA) is 102 Å². The largest absolute Gasteiger partial charge is 0.480 e. The highest BCUT2D eigenvalue weighted by Crippen LogP contribution is 2.44. The van der Waals surface area contributed by atoms with Crippen molar-refractivity contribution >= 4 is 12.1 Å². The Kier molecular flexibility index (Phi) is 6.08. The second-order valence-electron chi connectivity index (χ2n) is 6.69. The molecule has 0 aromatic heterocycles. The number of benzene rings is 2. The van der Waals surface area contributed by atoms with Crippen LogP contribution in [0.1, 0.15) is 36.3 Å². The van der Waals surface area contributed by atoms with Crippen LogP contribution in [0.25, 0.3) is 11.1 Å². The smallest absolute Gasteiger partial charge is 0.407 e. The first-order valence-corrected chi connectivity index (χ1v) is 9.15. The lowest BCUT2D eigenvalue weighted by molar-refractivity contribution is -0.138. The quantitative estimate of drug-likeness (QED) is 0.622. The summed E-state index contributed by atoms with van der Waals surface area (Å²) in [5, 5.41) is 11.4. The van der Waals surface area contributed by atoms with Crippen LogP contribution in [0, 0.1) is 0 Å². The first-order valence-electron chi connectivity index (χ1n) is 9.15. The number of unbranched alkanes of at least 4 members (excludes halogenated alkanes) is 1. The van der Waals surface area contributed by atoms with Gasteiger partial charge in [0, 0.05) is 12.5 Å². The van der Waals surface area contributed by atoms with Crippen molar-refractivity contribution in [2.45, 2.75) is 31.2 Å². The number of hydrogen-bond donors (Lipinski definition) is 3. The van der Waals surface area contributed by atoms with Gasteiger partial charge in [0.15, 0.2) is 0 Å². The van der Waals surface area contributed by atoms with E-state index in [1.807, 2.05) is 24.3 Å². The first-order chi connectivity index (χ1) is 13.1. The second kappa shape index (κ2) is 8.68. The van der Waals surface area contributed by atoms with Crippen molar-refractivity contribution in [3.63, 3.8) is 0 Å². The van der Waals surface area contributed by atoms with E-state index in [1.54, 1.807) is 0 Å². The fourth-order valence-corrected chi connectivity index (χ4v) is 3.45. The van der Waals surface area contributed by atoms with Gasteiger partial charge >= 0.3 is 12.1 Å². The molecule has 0 heterocycles. The lowest BCUT2D eigenvalue weighted by Gasteiger charge is -2.14. The number of carboxylic acid groups (broad SMARTS) is 1. The van der Waals surface area contributed by atoms with Gasteiger partial charge in [-0.15, -0.1) is 0 Å². The summed E-state index contributed by atoms with van der Waals surface area (Å²) in [6.07, 6.45) is 1.23. The highest BCUT2D eigenvalue weighted by atomic mass is 16.5. The Morgan fingerprint density at radius 2 is 1.63 bits per heavy atom. The molecule has 0 bridgehead atoms. The molecule has 0 spiro atoms. The minimum absolute atomic E-state index is 0.0386. The number of carbonyl (C=O) groups is 2. The molecule has 0 radical (unpaired) electrons. The van der Waals surface area contributed by atoms with Crippen molar-refractivity contribution in [1.29, 1.82) is 0 Å². The van der Waals surface area contributed by atoms with E-state index in [0.717, 1.165) is 0 Å². The van der Waals surface area contributed by atoms with Gasteiger partial charge in [0.2, 0.25) is 0 Å². The Morgan fingerprint density at radius 3 is 2.22 bits per heavy atom. The van der Waals surface area contributed by atoms with Gasteiger partial charge in [-0.1, -0.05) is 48.5 Å². The third-order valence-electron chi connectivity index (χ3n) is 4.87. The summed E-state index contributed by atoms with van der Waals surface area (Å²) in [7, 11) is 0. The van der Waals surface area contributed by atoms with E-state index in [1.165, 1.54) is 22.3 Å². The molecule has 1 amide bonds. The Morgan fingerprint density at radius 1 is 1.04 bits per heavy atom. The third-order valence-corrected chi connectivity index (χ3v) is 4.87. The Hall–Kier alpha value is -2.86. The molecule has 0 saturated carbocycles. The zero-order valence-corrected chi connectivity index (χ0v) is 15.1. The Balaban J connectivity index is 1.48. The molecule has 27 heavy (non-hydrogen) atoms. The van der Waals surface area contributed by atoms with Crippen LogP contribution in [-0.2, 0) is 9.53 Å². The number of nitrogens with one attached hydrogen (secondary N) is 1. The number of carbonyl (C=O) groups excluding carboxylic acids is 1. The van der Waals surface area contributed by atoms with E-state index in [4.69, 9.17) is 15.6 Å². The van der Waals surface area contributed by atoms with Gasteiger partial charge in [-0.25, -0.2) is 4.79 Å². The molecule has 0 saturated heterocycles. The number of hydrogen-bond acceptors (Lipinski definition) is 4. The third kappa shape index (κ3) is 4.46. The molecule has 6 heteroatoms. The minimum atomic E-state index is -1.00. The van der Waals surface area contributed by atoms with E-state index in [-0.39, 0.29) is 12.5 Å². The van der Waals surface area contributed by atoms with Gasteiger partial charge in [-0.05, 0) is 41.5 Å². The molecule has 0 fully saturated rings. The number of aliphatic carboxylic acids is 1. The zero-order valence-electron chi connectivity index (χ0n) is 15.1. The Bertz CT molecular complexity index is 776. The minimum Gasteiger partial charge on any atom is -0.480 e. The number of alkyl carbamates (subject to hydrolysis) is 1. The summed E-state index contributed by atoms with van der Waals surface area (Å²) < 4.78 is 5.44. The highest BCUT2D eigenvalue weighted by Gasteiger charge is 2.28. The summed E-state index contributed by atoms with van der Waals surface area (Å²) in [5.74, 6) is -0.962. The van der Waals surface area contributed by atoms with Crippen LogP contribution in [0.5, 0.6) is 0 Å². The summed E-state index contributed by atoms with van der Waals surface area (Å²) in [6, 6.07) is 15.5. The molecule has 1 atom stereocenters. The molecule has 6 nitrogen and oxygen atoms in total. The average Bonchev–Trinajstić information content (AvgIpc) is 3.00. The molecule has 2 aromatic rings. The molecule has 2 aromatic carbocycles. The van der Waals surface area contributed by atoms with Crippen LogP contribution in [0.3, 0.4) is 0 Å². The average molecular weight is 368 g/mol. The maximum Gasteiger partial charge on any atom is 0.407 e. The maximum absolute atomic E-state index is 12.0. The maximum atomic E-state index is 12.0. The van der Waals surface area contributed by atoms with Gasteiger partial charge in [0.1, 0.15) is 12.6 Å². The van der Waals surface area contributed by atoms with E-state index in [0.29, 0.717) is 25.8 Å². The lowest BCUT2D eigenvalue weighted by atomic mass is 9.98. The van der Waals surface area contributed by atoms with Gasteiger partial charge < -0.3 is 20.9 Å². The second-order valence-corrected chi connectivity index (χ2v) is 6.69. The number of carboxylic acids is 1. The van der Waals surface area contributed by atoms with E-state index in [2.05, 4.69) is 29.6 Å². The van der Waals surface area contributed by atoms with Crippen molar-refractivity contribution < 1.29 is 19.4 Å². The monoisotopic (exact) mass is 368 g/mol. The van der Waals surface area contributed by atoms with Crippen molar-refractivity contribution in [3.8, 4) is 11.1 Å². The molecule has 1 aliphatic carbocycles. The predicted molar refractivity (Wildman–Crippen MR) is 103 cm³/mol. The summed E-state index contributed by atoms with van der Waals surface area (Å²) in [4.78, 5) is 22.6. The van der Waals surface area contributed by atoms with Crippen LogP contribution >= 0.6 is 0 Å².